The molecule has 0 saturated carbocycles. The van der Waals surface area contributed by atoms with Gasteiger partial charge >= 0.3 is 0 Å². The first-order chi connectivity index (χ1) is 9.36. The van der Waals surface area contributed by atoms with Gasteiger partial charge in [0, 0.05) is 0 Å². The van der Waals surface area contributed by atoms with Crippen LogP contribution in [0.4, 0.5) is 0 Å². The van der Waals surface area contributed by atoms with Crippen molar-refractivity contribution in [3.8, 4) is 0 Å². The molecule has 7 heteroatoms. The van der Waals surface area contributed by atoms with Crippen molar-refractivity contribution in [3.05, 3.63) is 40.0 Å². The molecule has 0 spiro atoms. The summed E-state index contributed by atoms with van der Waals surface area (Å²) in [6.45, 7) is 3.91. The molecule has 1 rings (SSSR count). The van der Waals surface area contributed by atoms with Gasteiger partial charge in [-0.2, -0.15) is 0 Å². The van der Waals surface area contributed by atoms with Gasteiger partial charge in [-0.25, -0.2) is 8.42 Å². The summed E-state index contributed by atoms with van der Waals surface area (Å²) in [5, 5.41) is 0. The molecule has 4 nitrogen and oxygen atoms in total. The first kappa shape index (κ1) is 17.3. The van der Waals surface area contributed by atoms with Gasteiger partial charge in [-0.05, 0) is 31.9 Å². The number of hydrogen-bond acceptors (Lipinski definition) is 3. The zero-order valence-corrected chi connectivity index (χ0v) is 13.7. The molecule has 112 valence electrons. The van der Waals surface area contributed by atoms with Crippen molar-refractivity contribution in [2.24, 2.45) is 0 Å². The summed E-state index contributed by atoms with van der Waals surface area (Å²) in [4.78, 5) is 2.46. The molecule has 2 N–H and O–H groups in total. The topological polar surface area (TPSA) is 58.2 Å². The Morgan fingerprint density at radius 1 is 1.20 bits per heavy atom. The highest BCUT2D eigenvalue weighted by Crippen LogP contribution is 2.17. The zero-order valence-electron chi connectivity index (χ0n) is 11.4. The molecule has 0 fully saturated rings. The average Bonchev–Trinajstić information content (AvgIpc) is 2.38. The lowest BCUT2D eigenvalue weighted by molar-refractivity contribution is 0.565. The van der Waals surface area contributed by atoms with E-state index in [-0.39, 0.29) is 9.39 Å². The molecule has 0 amide bonds. The van der Waals surface area contributed by atoms with Gasteiger partial charge in [-0.15, -0.1) is 4.83 Å². The van der Waals surface area contributed by atoms with Crippen LogP contribution in [0.3, 0.4) is 0 Å². The van der Waals surface area contributed by atoms with E-state index in [2.05, 4.69) is 10.3 Å². The summed E-state index contributed by atoms with van der Waals surface area (Å²) in [5.74, 6) is 0. The fraction of sp³-hybridized carbons (Fsp3) is 0.385. The van der Waals surface area contributed by atoms with Crippen LogP contribution in [-0.4, -0.2) is 8.42 Å². The summed E-state index contributed by atoms with van der Waals surface area (Å²) in [7, 11) is -3.64. The van der Waals surface area contributed by atoms with Gasteiger partial charge in [0.05, 0.1) is 10.6 Å². The smallest absolute Gasteiger partial charge is 0.257 e. The van der Waals surface area contributed by atoms with E-state index in [0.717, 1.165) is 18.4 Å². The summed E-state index contributed by atoms with van der Waals surface area (Å²) < 4.78 is 24.2. The molecule has 0 aliphatic rings. The lowest BCUT2D eigenvalue weighted by Gasteiger charge is -2.13. The maximum atomic E-state index is 12.1. The van der Waals surface area contributed by atoms with Crippen LogP contribution in [0.1, 0.15) is 31.7 Å². The number of hydrogen-bond donors (Lipinski definition) is 2. The van der Waals surface area contributed by atoms with Gasteiger partial charge in [-0.3, -0.25) is 0 Å². The molecule has 1 aromatic rings. The third-order valence-electron chi connectivity index (χ3n) is 2.68. The number of benzene rings is 1. The molecule has 0 heterocycles. The summed E-state index contributed by atoms with van der Waals surface area (Å²) in [5.41, 5.74) is 4.04. The standard InChI is InChI=1S/C13H18Cl2N2O2S/c1-3-4-5-12(13(14)15)16-17-20(18,19)11-8-6-10(2)7-9-11/h6-9,16-17H,3-5H2,1-2H3. The maximum Gasteiger partial charge on any atom is 0.257 e. The van der Waals surface area contributed by atoms with Gasteiger partial charge in [0.25, 0.3) is 10.0 Å². The predicted molar refractivity (Wildman–Crippen MR) is 82.9 cm³/mol. The number of sulfonamides is 1. The third kappa shape index (κ3) is 5.32. The number of halogens is 2. The van der Waals surface area contributed by atoms with Crippen LogP contribution in [0.15, 0.2) is 39.3 Å². The molecule has 0 aliphatic carbocycles. The van der Waals surface area contributed by atoms with Crippen molar-refractivity contribution < 1.29 is 8.42 Å². The fourth-order valence-electron chi connectivity index (χ4n) is 1.46. The van der Waals surface area contributed by atoms with Crippen LogP contribution < -0.4 is 10.3 Å². The van der Waals surface area contributed by atoms with E-state index in [4.69, 9.17) is 23.2 Å². The fourth-order valence-corrected chi connectivity index (χ4v) is 2.62. The minimum atomic E-state index is -3.64. The molecule has 0 aromatic heterocycles. The van der Waals surface area contributed by atoms with Gasteiger partial charge in [-0.1, -0.05) is 54.2 Å². The van der Waals surface area contributed by atoms with E-state index in [0.29, 0.717) is 12.1 Å². The lowest BCUT2D eigenvalue weighted by Crippen LogP contribution is -2.37. The van der Waals surface area contributed by atoms with Crippen molar-refractivity contribution in [1.82, 2.24) is 10.3 Å². The minimum Gasteiger partial charge on any atom is -0.310 e. The quantitative estimate of drug-likeness (QED) is 0.747. The second-order valence-corrected chi connectivity index (χ2v) is 7.02. The largest absolute Gasteiger partial charge is 0.310 e. The lowest BCUT2D eigenvalue weighted by atomic mass is 10.2. The first-order valence-electron chi connectivity index (χ1n) is 6.25. The zero-order chi connectivity index (χ0) is 15.2. The molecular weight excluding hydrogens is 319 g/mol. The summed E-state index contributed by atoms with van der Waals surface area (Å²) >= 11 is 11.4. The van der Waals surface area contributed by atoms with Crippen LogP contribution in [0.25, 0.3) is 0 Å². The van der Waals surface area contributed by atoms with Crippen LogP contribution in [0.5, 0.6) is 0 Å². The monoisotopic (exact) mass is 336 g/mol. The molecule has 20 heavy (non-hydrogen) atoms. The Labute approximate surface area is 130 Å². The molecular formula is C13H18Cl2N2O2S. The molecule has 0 radical (unpaired) electrons. The molecule has 0 bridgehead atoms. The highest BCUT2D eigenvalue weighted by molar-refractivity contribution is 7.89. The number of nitrogens with one attached hydrogen (secondary N) is 2. The maximum absolute atomic E-state index is 12.1. The molecule has 0 atom stereocenters. The number of hydrazine groups is 1. The number of rotatable bonds is 7. The van der Waals surface area contributed by atoms with E-state index in [1.165, 1.54) is 12.1 Å². The van der Waals surface area contributed by atoms with Crippen LogP contribution in [-0.2, 0) is 10.0 Å². The Balaban J connectivity index is 2.76. The number of unbranched alkanes of at least 4 members (excludes halogenated alkanes) is 1. The third-order valence-corrected chi connectivity index (χ3v) is 4.40. The van der Waals surface area contributed by atoms with E-state index in [1.54, 1.807) is 12.1 Å². The second-order valence-electron chi connectivity index (χ2n) is 4.39. The SMILES string of the molecule is CCCCC(NNS(=O)(=O)c1ccc(C)cc1)=C(Cl)Cl. The van der Waals surface area contributed by atoms with E-state index < -0.39 is 10.0 Å². The van der Waals surface area contributed by atoms with Crippen molar-refractivity contribution in [3.63, 3.8) is 0 Å². The van der Waals surface area contributed by atoms with E-state index >= 15 is 0 Å². The number of allylic oxidation sites excluding steroid dienone is 1. The Morgan fingerprint density at radius 2 is 1.80 bits per heavy atom. The highest BCUT2D eigenvalue weighted by atomic mass is 35.5. The summed E-state index contributed by atoms with van der Waals surface area (Å²) in [6, 6.07) is 6.54. The number of aryl methyl sites for hydroxylation is 1. The van der Waals surface area contributed by atoms with Gasteiger partial charge in [0.2, 0.25) is 0 Å². The van der Waals surface area contributed by atoms with Gasteiger partial charge in [0.15, 0.2) is 0 Å². The van der Waals surface area contributed by atoms with E-state index in [1.807, 2.05) is 13.8 Å². The highest BCUT2D eigenvalue weighted by Gasteiger charge is 2.14. The second kappa shape index (κ2) is 7.88. The Morgan fingerprint density at radius 3 is 2.30 bits per heavy atom. The van der Waals surface area contributed by atoms with Gasteiger partial charge in [0.1, 0.15) is 4.49 Å². The van der Waals surface area contributed by atoms with Crippen molar-refractivity contribution in [2.45, 2.75) is 38.0 Å². The predicted octanol–water partition coefficient (Wildman–Crippen LogP) is 3.61. The van der Waals surface area contributed by atoms with Crippen molar-refractivity contribution in [1.29, 1.82) is 0 Å². The summed E-state index contributed by atoms with van der Waals surface area (Å²) in [6.07, 6.45) is 2.39. The molecule has 0 unspecified atom stereocenters. The Kier molecular flexibility index (Phi) is 6.82. The van der Waals surface area contributed by atoms with Crippen molar-refractivity contribution >= 4 is 33.2 Å². The van der Waals surface area contributed by atoms with Crippen LogP contribution in [0, 0.1) is 6.92 Å². The first-order valence-corrected chi connectivity index (χ1v) is 8.49. The minimum absolute atomic E-state index is 0.0325. The Hall–Kier alpha value is -0.750. The molecule has 0 saturated heterocycles. The van der Waals surface area contributed by atoms with Crippen LogP contribution >= 0.6 is 23.2 Å². The van der Waals surface area contributed by atoms with E-state index in [9.17, 15) is 8.42 Å². The molecule has 1 aromatic carbocycles. The van der Waals surface area contributed by atoms with Crippen LogP contribution in [0.2, 0.25) is 0 Å². The Bertz CT molecular complexity index is 565. The normalized spacial score (nSPS) is 11.2. The van der Waals surface area contributed by atoms with Crippen molar-refractivity contribution in [2.75, 3.05) is 0 Å². The van der Waals surface area contributed by atoms with Gasteiger partial charge < -0.3 is 5.43 Å². The molecule has 0 aliphatic heterocycles. The average molecular weight is 337 g/mol.